The molecule has 0 atom stereocenters. The zero-order valence-electron chi connectivity index (χ0n) is 12.3. The molecule has 7 nitrogen and oxygen atoms in total. The minimum atomic E-state index is 0.242. The zero-order chi connectivity index (χ0) is 14.5. The van der Waals surface area contributed by atoms with Gasteiger partial charge in [0.2, 0.25) is 5.95 Å². The Morgan fingerprint density at radius 2 is 2.15 bits per heavy atom. The molecule has 110 valence electrons. The molecule has 0 saturated carbocycles. The van der Waals surface area contributed by atoms with Crippen LogP contribution in [-0.4, -0.2) is 51.0 Å². The molecule has 4 N–H and O–H groups in total. The molecule has 7 heteroatoms. The van der Waals surface area contributed by atoms with Crippen molar-refractivity contribution < 1.29 is 0 Å². The number of hydrogen-bond donors (Lipinski definition) is 3. The fourth-order valence-electron chi connectivity index (χ4n) is 1.93. The summed E-state index contributed by atoms with van der Waals surface area (Å²) in [5.41, 5.74) is 7.07. The lowest BCUT2D eigenvalue weighted by molar-refractivity contribution is 0.269. The molecular weight excluding hydrogens is 254 g/mol. The number of anilines is 2. The number of hydrogen-bond acceptors (Lipinski definition) is 6. The van der Waals surface area contributed by atoms with Gasteiger partial charge in [-0.15, -0.1) is 0 Å². The van der Waals surface area contributed by atoms with Crippen molar-refractivity contribution in [3.63, 3.8) is 0 Å². The molecule has 20 heavy (non-hydrogen) atoms. The molecule has 2 rings (SSSR count). The Kier molecular flexibility index (Phi) is 4.73. The summed E-state index contributed by atoms with van der Waals surface area (Å²) in [6.07, 6.45) is 3.83. The maximum atomic E-state index is 5.66. The van der Waals surface area contributed by atoms with Gasteiger partial charge in [0, 0.05) is 12.6 Å². The first-order chi connectivity index (χ1) is 9.58. The van der Waals surface area contributed by atoms with Gasteiger partial charge in [-0.3, -0.25) is 0 Å². The molecule has 0 saturated heterocycles. The van der Waals surface area contributed by atoms with E-state index in [1.54, 1.807) is 6.33 Å². The number of aromatic nitrogens is 4. The van der Waals surface area contributed by atoms with Crippen LogP contribution in [0.2, 0.25) is 0 Å². The van der Waals surface area contributed by atoms with Gasteiger partial charge in [-0.1, -0.05) is 0 Å². The van der Waals surface area contributed by atoms with Crippen LogP contribution in [0.4, 0.5) is 11.8 Å². The van der Waals surface area contributed by atoms with E-state index in [4.69, 9.17) is 5.73 Å². The lowest BCUT2D eigenvalue weighted by Gasteiger charge is -2.20. The summed E-state index contributed by atoms with van der Waals surface area (Å²) in [6, 6.07) is 0.592. The van der Waals surface area contributed by atoms with E-state index in [1.807, 2.05) is 0 Å². The van der Waals surface area contributed by atoms with Crippen LogP contribution in [0.3, 0.4) is 0 Å². The van der Waals surface area contributed by atoms with Crippen LogP contribution in [0.1, 0.15) is 26.7 Å². The van der Waals surface area contributed by atoms with E-state index in [1.165, 1.54) is 0 Å². The SMILES string of the molecule is CC(C)N(C)CCCCNc1nc(N)nc2nc[nH]c12. The fraction of sp³-hybridized carbons (Fsp3) is 0.615. The third-order valence-corrected chi connectivity index (χ3v) is 3.41. The topological polar surface area (TPSA) is 95.8 Å². The van der Waals surface area contributed by atoms with E-state index in [0.717, 1.165) is 37.3 Å². The molecule has 0 amide bonds. The monoisotopic (exact) mass is 277 g/mol. The van der Waals surface area contributed by atoms with Crippen LogP contribution >= 0.6 is 0 Å². The maximum Gasteiger partial charge on any atom is 0.224 e. The summed E-state index contributed by atoms with van der Waals surface area (Å²) in [7, 11) is 2.15. The molecule has 0 bridgehead atoms. The van der Waals surface area contributed by atoms with E-state index in [9.17, 15) is 0 Å². The van der Waals surface area contributed by atoms with Gasteiger partial charge in [-0.05, 0) is 40.3 Å². The van der Waals surface area contributed by atoms with Crippen LogP contribution in [0.25, 0.3) is 11.2 Å². The van der Waals surface area contributed by atoms with Gasteiger partial charge in [0.05, 0.1) is 6.33 Å². The number of fused-ring (bicyclic) bond motifs is 1. The molecular formula is C13H23N7. The highest BCUT2D eigenvalue weighted by Crippen LogP contribution is 2.17. The minimum Gasteiger partial charge on any atom is -0.368 e. The Hall–Kier alpha value is -1.89. The van der Waals surface area contributed by atoms with Gasteiger partial charge in [0.1, 0.15) is 5.52 Å². The fourth-order valence-corrected chi connectivity index (χ4v) is 1.93. The second-order valence-corrected chi connectivity index (χ2v) is 5.24. The average Bonchev–Trinajstić information content (AvgIpc) is 2.85. The number of nitrogen functional groups attached to an aromatic ring is 1. The van der Waals surface area contributed by atoms with Gasteiger partial charge in [-0.25, -0.2) is 4.98 Å². The second kappa shape index (κ2) is 6.51. The number of nitrogens with one attached hydrogen (secondary N) is 2. The quantitative estimate of drug-likeness (QED) is 0.663. The van der Waals surface area contributed by atoms with Crippen molar-refractivity contribution in [1.29, 1.82) is 0 Å². The predicted octanol–water partition coefficient (Wildman–Crippen LogP) is 1.47. The predicted molar refractivity (Wildman–Crippen MR) is 81.6 cm³/mol. The van der Waals surface area contributed by atoms with Crippen LogP contribution in [0.5, 0.6) is 0 Å². The van der Waals surface area contributed by atoms with Crippen molar-refractivity contribution in [1.82, 2.24) is 24.8 Å². The third kappa shape index (κ3) is 3.57. The summed E-state index contributed by atoms with van der Waals surface area (Å²) >= 11 is 0. The molecule has 0 spiro atoms. The van der Waals surface area contributed by atoms with Crippen molar-refractivity contribution >= 4 is 22.9 Å². The van der Waals surface area contributed by atoms with Gasteiger partial charge < -0.3 is 20.9 Å². The molecule has 2 heterocycles. The highest BCUT2D eigenvalue weighted by atomic mass is 15.1. The molecule has 0 radical (unpaired) electrons. The second-order valence-electron chi connectivity index (χ2n) is 5.24. The maximum absolute atomic E-state index is 5.66. The smallest absolute Gasteiger partial charge is 0.224 e. The summed E-state index contributed by atoms with van der Waals surface area (Å²) in [5.74, 6) is 0.967. The molecule has 0 aliphatic rings. The number of imidazole rings is 1. The van der Waals surface area contributed by atoms with Gasteiger partial charge >= 0.3 is 0 Å². The molecule has 0 aliphatic heterocycles. The van der Waals surface area contributed by atoms with Gasteiger partial charge in [-0.2, -0.15) is 9.97 Å². The van der Waals surface area contributed by atoms with Crippen molar-refractivity contribution in [2.45, 2.75) is 32.7 Å². The Morgan fingerprint density at radius 1 is 1.35 bits per heavy atom. The van der Waals surface area contributed by atoms with Crippen molar-refractivity contribution in [3.05, 3.63) is 6.33 Å². The van der Waals surface area contributed by atoms with Crippen molar-refractivity contribution in [2.24, 2.45) is 0 Å². The first-order valence-electron chi connectivity index (χ1n) is 6.98. The minimum absolute atomic E-state index is 0.242. The third-order valence-electron chi connectivity index (χ3n) is 3.41. The Balaban J connectivity index is 1.83. The highest BCUT2D eigenvalue weighted by Gasteiger charge is 2.07. The van der Waals surface area contributed by atoms with E-state index < -0.39 is 0 Å². The van der Waals surface area contributed by atoms with E-state index in [-0.39, 0.29) is 5.95 Å². The van der Waals surface area contributed by atoms with Gasteiger partial charge in [0.25, 0.3) is 0 Å². The Labute approximate surface area is 119 Å². The molecule has 0 fully saturated rings. The Morgan fingerprint density at radius 3 is 2.90 bits per heavy atom. The lowest BCUT2D eigenvalue weighted by Crippen LogP contribution is -2.27. The molecule has 2 aromatic rings. The molecule has 0 aromatic carbocycles. The van der Waals surface area contributed by atoms with E-state index in [2.05, 4.69) is 51.0 Å². The summed E-state index contributed by atoms with van der Waals surface area (Å²) < 4.78 is 0. The summed E-state index contributed by atoms with van der Waals surface area (Å²) in [4.78, 5) is 17.7. The van der Waals surface area contributed by atoms with E-state index >= 15 is 0 Å². The van der Waals surface area contributed by atoms with E-state index in [0.29, 0.717) is 11.7 Å². The number of unbranched alkanes of at least 4 members (excludes halogenated alkanes) is 1. The van der Waals surface area contributed by atoms with Crippen LogP contribution < -0.4 is 11.1 Å². The van der Waals surface area contributed by atoms with Gasteiger partial charge in [0.15, 0.2) is 11.5 Å². The van der Waals surface area contributed by atoms with Crippen LogP contribution in [-0.2, 0) is 0 Å². The van der Waals surface area contributed by atoms with Crippen LogP contribution in [0, 0.1) is 0 Å². The molecule has 2 aromatic heterocycles. The largest absolute Gasteiger partial charge is 0.368 e. The standard InChI is InChI=1S/C13H23N7/c1-9(2)20(3)7-5-4-6-15-11-10-12(17-8-16-10)19-13(14)18-11/h8-9H,4-7H2,1-3H3,(H4,14,15,16,17,18,19). The average molecular weight is 277 g/mol. The van der Waals surface area contributed by atoms with Crippen molar-refractivity contribution in [3.8, 4) is 0 Å². The first kappa shape index (κ1) is 14.5. The van der Waals surface area contributed by atoms with Crippen molar-refractivity contribution in [2.75, 3.05) is 31.2 Å². The number of rotatable bonds is 7. The summed E-state index contributed by atoms with van der Waals surface area (Å²) in [6.45, 7) is 6.37. The Bertz CT molecular complexity index is 549. The number of H-pyrrole nitrogens is 1. The van der Waals surface area contributed by atoms with Crippen LogP contribution in [0.15, 0.2) is 6.33 Å². The molecule has 0 aliphatic carbocycles. The molecule has 0 unspecified atom stereocenters. The number of nitrogens with zero attached hydrogens (tertiary/aromatic N) is 4. The zero-order valence-corrected chi connectivity index (χ0v) is 12.3. The summed E-state index contributed by atoms with van der Waals surface area (Å²) in [5, 5.41) is 3.30. The highest BCUT2D eigenvalue weighted by molar-refractivity contribution is 5.83. The number of aromatic amines is 1. The number of nitrogens with two attached hydrogens (primary N) is 1. The normalized spacial score (nSPS) is 11.7. The lowest BCUT2D eigenvalue weighted by atomic mass is 10.2. The first-order valence-corrected chi connectivity index (χ1v) is 6.98.